The van der Waals surface area contributed by atoms with Crippen LogP contribution in [0.4, 0.5) is 0 Å². The first-order chi connectivity index (χ1) is 8.27. The van der Waals surface area contributed by atoms with Crippen LogP contribution in [-0.2, 0) is 6.42 Å². The summed E-state index contributed by atoms with van der Waals surface area (Å²) in [6, 6.07) is 17.0. The summed E-state index contributed by atoms with van der Waals surface area (Å²) >= 11 is 0. The summed E-state index contributed by atoms with van der Waals surface area (Å²) in [5, 5.41) is 0. The average molecular weight is 226 g/mol. The van der Waals surface area contributed by atoms with Gasteiger partial charge in [0.2, 0.25) is 0 Å². The molecule has 1 aromatic carbocycles. The van der Waals surface area contributed by atoms with E-state index in [1.165, 1.54) is 5.56 Å². The van der Waals surface area contributed by atoms with E-state index in [1.807, 2.05) is 18.3 Å². The number of likely N-dealkylation sites (N-methyl/N-ethyl adjacent to an activating group) is 1. The van der Waals surface area contributed by atoms with Crippen LogP contribution in [0.3, 0.4) is 0 Å². The number of rotatable bonds is 4. The molecule has 0 amide bonds. The molecule has 0 radical (unpaired) electrons. The fourth-order valence-corrected chi connectivity index (χ4v) is 1.96. The molecule has 88 valence electrons. The quantitative estimate of drug-likeness (QED) is 0.797. The Morgan fingerprint density at radius 2 is 1.71 bits per heavy atom. The Balaban J connectivity index is 2.20. The summed E-state index contributed by atoms with van der Waals surface area (Å²) in [4.78, 5) is 6.67. The molecular weight excluding hydrogens is 208 g/mol. The Labute approximate surface area is 103 Å². The van der Waals surface area contributed by atoms with Crippen LogP contribution in [0.5, 0.6) is 0 Å². The number of aromatic nitrogens is 1. The minimum absolute atomic E-state index is 0.332. The van der Waals surface area contributed by atoms with Gasteiger partial charge in [0.15, 0.2) is 0 Å². The lowest BCUT2D eigenvalue weighted by molar-refractivity contribution is 0.292. The van der Waals surface area contributed by atoms with E-state index < -0.39 is 0 Å². The van der Waals surface area contributed by atoms with Crippen LogP contribution in [-0.4, -0.2) is 24.0 Å². The highest BCUT2D eigenvalue weighted by molar-refractivity contribution is 5.19. The van der Waals surface area contributed by atoms with Crippen LogP contribution >= 0.6 is 0 Å². The van der Waals surface area contributed by atoms with Crippen LogP contribution in [0.2, 0.25) is 0 Å². The fraction of sp³-hybridized carbons (Fsp3) is 0.267. The molecule has 2 heteroatoms. The summed E-state index contributed by atoms with van der Waals surface area (Å²) in [6.07, 6.45) is 2.85. The smallest absolute Gasteiger partial charge is 0.0578 e. The average Bonchev–Trinajstić information content (AvgIpc) is 2.38. The van der Waals surface area contributed by atoms with Crippen molar-refractivity contribution in [1.82, 2.24) is 9.88 Å². The molecule has 0 bridgehead atoms. The highest BCUT2D eigenvalue weighted by atomic mass is 15.1. The van der Waals surface area contributed by atoms with Gasteiger partial charge in [0.1, 0.15) is 0 Å². The lowest BCUT2D eigenvalue weighted by Gasteiger charge is -2.23. The second-order valence-corrected chi connectivity index (χ2v) is 4.42. The SMILES string of the molecule is CN(C)[C@@H](Cc1ccccc1)c1ccccn1. The first kappa shape index (κ1) is 11.8. The van der Waals surface area contributed by atoms with Gasteiger partial charge in [-0.2, -0.15) is 0 Å². The molecule has 17 heavy (non-hydrogen) atoms. The molecule has 1 heterocycles. The normalized spacial score (nSPS) is 12.6. The van der Waals surface area contributed by atoms with E-state index in [-0.39, 0.29) is 0 Å². The maximum atomic E-state index is 4.45. The van der Waals surface area contributed by atoms with Crippen molar-refractivity contribution in [2.24, 2.45) is 0 Å². The molecule has 0 aliphatic rings. The summed E-state index contributed by atoms with van der Waals surface area (Å²) in [7, 11) is 4.20. The van der Waals surface area contributed by atoms with Crippen molar-refractivity contribution in [2.45, 2.75) is 12.5 Å². The molecule has 1 atom stereocenters. The Kier molecular flexibility index (Phi) is 3.89. The monoisotopic (exact) mass is 226 g/mol. The Morgan fingerprint density at radius 3 is 2.29 bits per heavy atom. The Morgan fingerprint density at radius 1 is 1.00 bits per heavy atom. The largest absolute Gasteiger partial charge is 0.301 e. The molecule has 0 aliphatic heterocycles. The van der Waals surface area contributed by atoms with Gasteiger partial charge in [-0.05, 0) is 38.2 Å². The maximum absolute atomic E-state index is 4.45. The molecule has 0 fully saturated rings. The van der Waals surface area contributed by atoms with Gasteiger partial charge < -0.3 is 4.90 Å². The maximum Gasteiger partial charge on any atom is 0.0578 e. The third kappa shape index (κ3) is 3.14. The summed E-state index contributed by atoms with van der Waals surface area (Å²) < 4.78 is 0. The van der Waals surface area contributed by atoms with E-state index >= 15 is 0 Å². The minimum atomic E-state index is 0.332. The van der Waals surface area contributed by atoms with Gasteiger partial charge in [-0.1, -0.05) is 36.4 Å². The van der Waals surface area contributed by atoms with Gasteiger partial charge in [-0.3, -0.25) is 4.98 Å². The summed E-state index contributed by atoms with van der Waals surface area (Å²) in [5.41, 5.74) is 2.47. The van der Waals surface area contributed by atoms with Crippen LogP contribution in [0.25, 0.3) is 0 Å². The number of hydrogen-bond acceptors (Lipinski definition) is 2. The minimum Gasteiger partial charge on any atom is -0.301 e. The van der Waals surface area contributed by atoms with E-state index in [1.54, 1.807) is 0 Å². The highest BCUT2D eigenvalue weighted by Gasteiger charge is 2.15. The van der Waals surface area contributed by atoms with Gasteiger partial charge in [-0.15, -0.1) is 0 Å². The fourth-order valence-electron chi connectivity index (χ4n) is 1.96. The molecule has 2 aromatic rings. The van der Waals surface area contributed by atoms with E-state index in [0.29, 0.717) is 6.04 Å². The van der Waals surface area contributed by atoms with Crippen LogP contribution in [0.15, 0.2) is 54.7 Å². The van der Waals surface area contributed by atoms with Crippen molar-refractivity contribution in [3.05, 3.63) is 66.0 Å². The van der Waals surface area contributed by atoms with Crippen molar-refractivity contribution in [1.29, 1.82) is 0 Å². The number of nitrogens with zero attached hydrogens (tertiary/aromatic N) is 2. The second kappa shape index (κ2) is 5.60. The van der Waals surface area contributed by atoms with Gasteiger partial charge in [0, 0.05) is 6.20 Å². The van der Waals surface area contributed by atoms with Gasteiger partial charge in [-0.25, -0.2) is 0 Å². The van der Waals surface area contributed by atoms with Gasteiger partial charge in [0.05, 0.1) is 11.7 Å². The van der Waals surface area contributed by atoms with Crippen molar-refractivity contribution in [3.8, 4) is 0 Å². The molecule has 2 nitrogen and oxygen atoms in total. The molecule has 1 aromatic heterocycles. The predicted molar refractivity (Wildman–Crippen MR) is 70.8 cm³/mol. The van der Waals surface area contributed by atoms with Crippen molar-refractivity contribution >= 4 is 0 Å². The third-order valence-corrected chi connectivity index (χ3v) is 2.92. The molecule has 0 aliphatic carbocycles. The lowest BCUT2D eigenvalue weighted by Crippen LogP contribution is -2.22. The van der Waals surface area contributed by atoms with Crippen LogP contribution in [0.1, 0.15) is 17.3 Å². The molecular formula is C15H18N2. The topological polar surface area (TPSA) is 16.1 Å². The van der Waals surface area contributed by atoms with Gasteiger partial charge in [0.25, 0.3) is 0 Å². The zero-order valence-corrected chi connectivity index (χ0v) is 10.4. The van der Waals surface area contributed by atoms with Crippen LogP contribution in [0, 0.1) is 0 Å². The van der Waals surface area contributed by atoms with Crippen molar-refractivity contribution < 1.29 is 0 Å². The van der Waals surface area contributed by atoms with Gasteiger partial charge >= 0.3 is 0 Å². The summed E-state index contributed by atoms with van der Waals surface area (Å²) in [5.74, 6) is 0. The second-order valence-electron chi connectivity index (χ2n) is 4.42. The Bertz CT molecular complexity index is 437. The van der Waals surface area contributed by atoms with Crippen molar-refractivity contribution in [2.75, 3.05) is 14.1 Å². The van der Waals surface area contributed by atoms with E-state index in [9.17, 15) is 0 Å². The highest BCUT2D eigenvalue weighted by Crippen LogP contribution is 2.20. The Hall–Kier alpha value is -1.67. The predicted octanol–water partition coefficient (Wildman–Crippen LogP) is 2.93. The standard InChI is InChI=1S/C15H18N2/c1-17(2)15(14-10-6-7-11-16-14)12-13-8-4-3-5-9-13/h3-11,15H,12H2,1-2H3/t15-/m0/s1. The summed E-state index contributed by atoms with van der Waals surface area (Å²) in [6.45, 7) is 0. The van der Waals surface area contributed by atoms with Crippen LogP contribution < -0.4 is 0 Å². The molecule has 2 rings (SSSR count). The first-order valence-corrected chi connectivity index (χ1v) is 5.88. The first-order valence-electron chi connectivity index (χ1n) is 5.88. The van der Waals surface area contributed by atoms with Crippen molar-refractivity contribution in [3.63, 3.8) is 0 Å². The molecule has 0 N–H and O–H groups in total. The molecule has 0 saturated carbocycles. The number of benzene rings is 1. The van der Waals surface area contributed by atoms with E-state index in [2.05, 4.69) is 60.4 Å². The number of pyridine rings is 1. The zero-order chi connectivity index (χ0) is 12.1. The lowest BCUT2D eigenvalue weighted by atomic mass is 10.0. The number of hydrogen-bond donors (Lipinski definition) is 0. The third-order valence-electron chi connectivity index (χ3n) is 2.92. The zero-order valence-electron chi connectivity index (χ0n) is 10.4. The molecule has 0 saturated heterocycles. The molecule has 0 unspecified atom stereocenters. The van der Waals surface area contributed by atoms with E-state index in [4.69, 9.17) is 0 Å². The molecule has 0 spiro atoms. The van der Waals surface area contributed by atoms with E-state index in [0.717, 1.165) is 12.1 Å².